The van der Waals surface area contributed by atoms with Gasteiger partial charge in [0, 0.05) is 17.9 Å². The third kappa shape index (κ3) is 4.85. The molecule has 1 N–H and O–H groups in total. The predicted molar refractivity (Wildman–Crippen MR) is 111 cm³/mol. The first-order valence-electron chi connectivity index (χ1n) is 9.72. The first-order chi connectivity index (χ1) is 12.4. The highest BCUT2D eigenvalue weighted by Crippen LogP contribution is 2.26. The Bertz CT molecular complexity index is 771. The summed E-state index contributed by atoms with van der Waals surface area (Å²) in [6.45, 7) is 16.2. The summed E-state index contributed by atoms with van der Waals surface area (Å²) in [6.07, 6.45) is 4.41. The first-order valence-corrected chi connectivity index (χ1v) is 9.72. The number of nitrogens with zero attached hydrogens (tertiary/aromatic N) is 1. The van der Waals surface area contributed by atoms with Crippen molar-refractivity contribution in [3.05, 3.63) is 57.7 Å². The molecular weight excluding hydrogens is 323 g/mol. The smallest absolute Gasteiger partial charge is 0.123 e. The zero-order valence-corrected chi connectivity index (χ0v) is 17.2. The second-order valence-electron chi connectivity index (χ2n) is 7.24. The molecule has 0 aliphatic heterocycles. The van der Waals surface area contributed by atoms with Crippen molar-refractivity contribution < 1.29 is 4.39 Å². The topological polar surface area (TPSA) is 19.0 Å². The van der Waals surface area contributed by atoms with Gasteiger partial charge in [-0.05, 0) is 99.7 Å². The molecule has 0 atom stereocenters. The van der Waals surface area contributed by atoms with Gasteiger partial charge in [0.25, 0.3) is 0 Å². The van der Waals surface area contributed by atoms with E-state index in [9.17, 15) is 4.39 Å². The van der Waals surface area contributed by atoms with E-state index < -0.39 is 0 Å². The molecule has 0 radical (unpaired) electrons. The molecule has 2 nitrogen and oxygen atoms in total. The molecule has 1 aromatic carbocycles. The fourth-order valence-electron chi connectivity index (χ4n) is 3.66. The largest absolute Gasteiger partial charge is 0.359 e. The Hall–Kier alpha value is -1.87. The van der Waals surface area contributed by atoms with Crippen LogP contribution in [0.15, 0.2) is 18.2 Å². The minimum atomic E-state index is -0.186. The second kappa shape index (κ2) is 9.18. The van der Waals surface area contributed by atoms with E-state index in [4.69, 9.17) is 0 Å². The van der Waals surface area contributed by atoms with Crippen LogP contribution in [0.1, 0.15) is 60.8 Å². The van der Waals surface area contributed by atoms with Gasteiger partial charge in [-0.1, -0.05) is 19.9 Å². The van der Waals surface area contributed by atoms with E-state index in [1.165, 1.54) is 29.3 Å². The van der Waals surface area contributed by atoms with E-state index in [0.29, 0.717) is 0 Å². The van der Waals surface area contributed by atoms with Crippen LogP contribution in [-0.2, 0) is 6.42 Å². The van der Waals surface area contributed by atoms with Crippen molar-refractivity contribution >= 4 is 11.6 Å². The van der Waals surface area contributed by atoms with Gasteiger partial charge < -0.3 is 9.88 Å². The number of aromatic amines is 1. The number of hydrogen-bond acceptors (Lipinski definition) is 1. The van der Waals surface area contributed by atoms with Crippen LogP contribution < -0.4 is 0 Å². The Labute approximate surface area is 158 Å². The van der Waals surface area contributed by atoms with Crippen LogP contribution in [0.4, 0.5) is 4.39 Å². The molecule has 0 amide bonds. The summed E-state index contributed by atoms with van der Waals surface area (Å²) in [5.74, 6) is -0.186. The van der Waals surface area contributed by atoms with Crippen molar-refractivity contribution in [3.8, 4) is 0 Å². The van der Waals surface area contributed by atoms with Gasteiger partial charge in [-0.15, -0.1) is 0 Å². The standard InChI is InChI=1S/C23H33FN2/c1-7-12-26(8-2)13-11-21-18(5)23(25-19(21)6)14-17(4)22-15-20(24)10-9-16(22)3/h9-10,14-15,25H,7-8,11-13H2,1-6H3/b17-14+. The molecule has 0 aliphatic carbocycles. The summed E-state index contributed by atoms with van der Waals surface area (Å²) >= 11 is 0. The highest BCUT2D eigenvalue weighted by Gasteiger charge is 2.12. The molecule has 0 bridgehead atoms. The van der Waals surface area contributed by atoms with Crippen molar-refractivity contribution in [2.45, 2.75) is 54.4 Å². The van der Waals surface area contributed by atoms with Crippen LogP contribution in [0.2, 0.25) is 0 Å². The van der Waals surface area contributed by atoms with Gasteiger partial charge in [-0.2, -0.15) is 0 Å². The summed E-state index contributed by atoms with van der Waals surface area (Å²) in [5.41, 5.74) is 8.25. The van der Waals surface area contributed by atoms with E-state index in [2.05, 4.69) is 50.6 Å². The maximum Gasteiger partial charge on any atom is 0.123 e. The van der Waals surface area contributed by atoms with Gasteiger partial charge in [0.2, 0.25) is 0 Å². The fourth-order valence-corrected chi connectivity index (χ4v) is 3.66. The minimum absolute atomic E-state index is 0.186. The number of halogens is 1. The number of H-pyrrole nitrogens is 1. The van der Waals surface area contributed by atoms with Crippen molar-refractivity contribution in [1.82, 2.24) is 9.88 Å². The predicted octanol–water partition coefficient (Wildman–Crippen LogP) is 5.91. The Balaban J connectivity index is 2.24. The number of aromatic nitrogens is 1. The molecule has 142 valence electrons. The number of benzene rings is 1. The van der Waals surface area contributed by atoms with Crippen molar-refractivity contribution in [1.29, 1.82) is 0 Å². The molecule has 0 fully saturated rings. The molecule has 0 aliphatic rings. The molecule has 26 heavy (non-hydrogen) atoms. The Morgan fingerprint density at radius 1 is 1.15 bits per heavy atom. The van der Waals surface area contributed by atoms with E-state index in [1.54, 1.807) is 6.07 Å². The van der Waals surface area contributed by atoms with Gasteiger partial charge in [0.05, 0.1) is 0 Å². The van der Waals surface area contributed by atoms with E-state index in [0.717, 1.165) is 48.4 Å². The van der Waals surface area contributed by atoms with E-state index in [-0.39, 0.29) is 5.82 Å². The molecular formula is C23H33FN2. The lowest BCUT2D eigenvalue weighted by Crippen LogP contribution is -2.26. The number of nitrogens with one attached hydrogen (secondary N) is 1. The molecule has 0 saturated carbocycles. The Morgan fingerprint density at radius 3 is 2.54 bits per heavy atom. The molecule has 2 rings (SSSR count). The fraction of sp³-hybridized carbons (Fsp3) is 0.478. The minimum Gasteiger partial charge on any atom is -0.359 e. The number of aryl methyl sites for hydroxylation is 2. The molecule has 2 aromatic rings. The lowest BCUT2D eigenvalue weighted by molar-refractivity contribution is 0.292. The van der Waals surface area contributed by atoms with Gasteiger partial charge in [-0.25, -0.2) is 4.39 Å². The van der Waals surface area contributed by atoms with Crippen LogP contribution in [0.5, 0.6) is 0 Å². The number of hydrogen-bond donors (Lipinski definition) is 1. The van der Waals surface area contributed by atoms with Crippen LogP contribution >= 0.6 is 0 Å². The zero-order chi connectivity index (χ0) is 19.3. The summed E-state index contributed by atoms with van der Waals surface area (Å²) in [7, 11) is 0. The summed E-state index contributed by atoms with van der Waals surface area (Å²) in [4.78, 5) is 6.04. The normalized spacial score (nSPS) is 12.2. The Morgan fingerprint density at radius 2 is 1.88 bits per heavy atom. The van der Waals surface area contributed by atoms with Crippen molar-refractivity contribution in [2.24, 2.45) is 0 Å². The Kier molecular flexibility index (Phi) is 7.22. The second-order valence-corrected chi connectivity index (χ2v) is 7.24. The molecule has 0 spiro atoms. The first kappa shape index (κ1) is 20.4. The van der Waals surface area contributed by atoms with Crippen LogP contribution in [0, 0.1) is 26.6 Å². The summed E-state index contributed by atoms with van der Waals surface area (Å²) < 4.78 is 13.6. The van der Waals surface area contributed by atoms with Crippen molar-refractivity contribution in [3.63, 3.8) is 0 Å². The molecule has 0 saturated heterocycles. The van der Waals surface area contributed by atoms with Gasteiger partial charge in [0.15, 0.2) is 0 Å². The lowest BCUT2D eigenvalue weighted by Gasteiger charge is -2.19. The van der Waals surface area contributed by atoms with Crippen LogP contribution in [-0.4, -0.2) is 29.5 Å². The summed E-state index contributed by atoms with van der Waals surface area (Å²) in [5, 5.41) is 0. The number of rotatable bonds is 8. The zero-order valence-electron chi connectivity index (χ0n) is 17.2. The number of allylic oxidation sites excluding steroid dienone is 1. The van der Waals surface area contributed by atoms with Gasteiger partial charge in [-0.3, -0.25) is 0 Å². The van der Waals surface area contributed by atoms with Gasteiger partial charge >= 0.3 is 0 Å². The number of likely N-dealkylation sites (N-methyl/N-ethyl adjacent to an activating group) is 1. The molecule has 1 heterocycles. The lowest BCUT2D eigenvalue weighted by atomic mass is 9.99. The highest BCUT2D eigenvalue weighted by atomic mass is 19.1. The third-order valence-corrected chi connectivity index (χ3v) is 5.28. The average Bonchev–Trinajstić information content (AvgIpc) is 2.87. The van der Waals surface area contributed by atoms with Crippen LogP contribution in [0.25, 0.3) is 11.6 Å². The monoisotopic (exact) mass is 356 g/mol. The SMILES string of the molecule is CCCN(CC)CCc1c(C)[nH]c(/C=C(\C)c2cc(F)ccc2C)c1C. The van der Waals surface area contributed by atoms with Crippen LogP contribution in [0.3, 0.4) is 0 Å². The maximum atomic E-state index is 13.6. The summed E-state index contributed by atoms with van der Waals surface area (Å²) in [6, 6.07) is 4.98. The average molecular weight is 357 g/mol. The van der Waals surface area contributed by atoms with E-state index >= 15 is 0 Å². The molecule has 3 heteroatoms. The van der Waals surface area contributed by atoms with Gasteiger partial charge in [0.1, 0.15) is 5.82 Å². The third-order valence-electron chi connectivity index (χ3n) is 5.28. The quantitative estimate of drug-likeness (QED) is 0.622. The van der Waals surface area contributed by atoms with E-state index in [1.807, 2.05) is 13.0 Å². The molecule has 1 aromatic heterocycles. The maximum absolute atomic E-state index is 13.6. The van der Waals surface area contributed by atoms with Crippen molar-refractivity contribution in [2.75, 3.05) is 19.6 Å². The molecule has 0 unspecified atom stereocenters. The highest BCUT2D eigenvalue weighted by molar-refractivity contribution is 5.81.